The average Bonchev–Trinajstić information content (AvgIpc) is 2.80. The first-order valence-corrected chi connectivity index (χ1v) is 12.8. The van der Waals surface area contributed by atoms with Gasteiger partial charge in [-0.25, -0.2) is 0 Å². The van der Waals surface area contributed by atoms with E-state index in [1.54, 1.807) is 36.4 Å². The number of benzene rings is 3. The number of hydrogen-bond acceptors (Lipinski definition) is 4. The highest BCUT2D eigenvalue weighted by atomic mass is 79.9. The smallest absolute Gasteiger partial charge is 0.266 e. The minimum atomic E-state index is -0.534. The highest BCUT2D eigenvalue weighted by Gasteiger charge is 2.15. The first-order chi connectivity index (χ1) is 16.7. The average molecular weight is 639 g/mol. The Hall–Kier alpha value is -2.50. The van der Waals surface area contributed by atoms with Crippen molar-refractivity contribution < 1.29 is 14.3 Å². The summed E-state index contributed by atoms with van der Waals surface area (Å²) in [7, 11) is 0. The number of nitrogens with zero attached hydrogens (tertiary/aromatic N) is 1. The fraction of sp³-hybridized carbons (Fsp3) is 0.154. The lowest BCUT2D eigenvalue weighted by atomic mass is 10.1. The largest absolute Gasteiger partial charge is 0.490 e. The Balaban J connectivity index is 1.82. The second kappa shape index (κ2) is 12.5. The summed E-state index contributed by atoms with van der Waals surface area (Å²) in [6, 6.07) is 16.1. The van der Waals surface area contributed by atoms with E-state index < -0.39 is 5.91 Å². The Morgan fingerprint density at radius 2 is 1.77 bits per heavy atom. The van der Waals surface area contributed by atoms with Crippen LogP contribution in [0.1, 0.15) is 23.6 Å². The summed E-state index contributed by atoms with van der Waals surface area (Å²) < 4.78 is 13.1. The molecular formula is C26H20Br2Cl2N2O3. The molecule has 9 heteroatoms. The Morgan fingerprint density at radius 3 is 2.40 bits per heavy atom. The molecule has 3 aromatic carbocycles. The van der Waals surface area contributed by atoms with Crippen LogP contribution in [0.2, 0.25) is 10.0 Å². The van der Waals surface area contributed by atoms with Crippen molar-refractivity contribution in [1.82, 2.24) is 0 Å². The predicted molar refractivity (Wildman–Crippen MR) is 147 cm³/mol. The SMILES string of the molecule is CCOc1cc(/C=C(\C#N)C(=O)Nc2c(Br)cc(C)cc2Br)ccc1OCc1ccc(Cl)cc1Cl. The maximum Gasteiger partial charge on any atom is 0.266 e. The van der Waals surface area contributed by atoms with Crippen molar-refractivity contribution in [3.8, 4) is 17.6 Å². The zero-order valence-corrected chi connectivity index (χ0v) is 23.5. The molecule has 0 saturated heterocycles. The Morgan fingerprint density at radius 1 is 1.06 bits per heavy atom. The summed E-state index contributed by atoms with van der Waals surface area (Å²) in [6.07, 6.45) is 1.49. The molecule has 0 fully saturated rings. The van der Waals surface area contributed by atoms with Gasteiger partial charge < -0.3 is 14.8 Å². The van der Waals surface area contributed by atoms with Crippen LogP contribution >= 0.6 is 55.1 Å². The van der Waals surface area contributed by atoms with Crippen molar-refractivity contribution in [1.29, 1.82) is 5.26 Å². The van der Waals surface area contributed by atoms with Crippen LogP contribution in [0.15, 0.2) is 63.0 Å². The second-order valence-electron chi connectivity index (χ2n) is 7.39. The Kier molecular flexibility index (Phi) is 9.64. The number of halogens is 4. The van der Waals surface area contributed by atoms with Crippen LogP contribution in [0.5, 0.6) is 11.5 Å². The number of ether oxygens (including phenoxy) is 2. The van der Waals surface area contributed by atoms with E-state index in [-0.39, 0.29) is 12.2 Å². The fourth-order valence-corrected chi connectivity index (χ4v) is 5.19. The molecule has 35 heavy (non-hydrogen) atoms. The van der Waals surface area contributed by atoms with Gasteiger partial charge in [0.05, 0.1) is 12.3 Å². The predicted octanol–water partition coefficient (Wildman–Crippen LogP) is 8.35. The molecule has 0 spiro atoms. The lowest BCUT2D eigenvalue weighted by Crippen LogP contribution is -2.14. The summed E-state index contributed by atoms with van der Waals surface area (Å²) in [5.74, 6) is 0.451. The standard InChI is InChI=1S/C26H20Br2Cl2N2O3/c1-3-34-24-11-16(4-7-23(24)35-14-17-5-6-19(29)12-22(17)30)10-18(13-31)26(33)32-25-20(27)8-15(2)9-21(25)28/h4-12H,3,14H2,1-2H3,(H,32,33)/b18-10+. The number of hydrogen-bond donors (Lipinski definition) is 1. The number of amides is 1. The summed E-state index contributed by atoms with van der Waals surface area (Å²) in [5, 5.41) is 13.4. The van der Waals surface area contributed by atoms with E-state index in [1.807, 2.05) is 32.0 Å². The zero-order chi connectivity index (χ0) is 25.5. The van der Waals surface area contributed by atoms with E-state index >= 15 is 0 Å². The first-order valence-electron chi connectivity index (χ1n) is 10.4. The number of aryl methyl sites for hydroxylation is 1. The number of nitriles is 1. The molecule has 0 saturated carbocycles. The van der Waals surface area contributed by atoms with Crippen LogP contribution in [-0.2, 0) is 11.4 Å². The molecule has 0 bridgehead atoms. The van der Waals surface area contributed by atoms with Gasteiger partial charge in [-0.3, -0.25) is 4.79 Å². The van der Waals surface area contributed by atoms with Gasteiger partial charge in [-0.2, -0.15) is 5.26 Å². The van der Waals surface area contributed by atoms with Crippen molar-refractivity contribution in [2.24, 2.45) is 0 Å². The molecule has 0 aliphatic heterocycles. The van der Waals surface area contributed by atoms with Crippen molar-refractivity contribution in [2.45, 2.75) is 20.5 Å². The van der Waals surface area contributed by atoms with Gasteiger partial charge in [0.1, 0.15) is 18.2 Å². The fourth-order valence-electron chi connectivity index (χ4n) is 3.11. The summed E-state index contributed by atoms with van der Waals surface area (Å²) >= 11 is 19.1. The third-order valence-corrected chi connectivity index (χ3v) is 6.60. The van der Waals surface area contributed by atoms with E-state index in [9.17, 15) is 10.1 Å². The molecule has 0 atom stereocenters. The van der Waals surface area contributed by atoms with Crippen LogP contribution in [-0.4, -0.2) is 12.5 Å². The van der Waals surface area contributed by atoms with E-state index in [1.165, 1.54) is 6.08 Å². The monoisotopic (exact) mass is 636 g/mol. The molecule has 1 amide bonds. The van der Waals surface area contributed by atoms with Gasteiger partial charge in [-0.1, -0.05) is 35.3 Å². The highest BCUT2D eigenvalue weighted by molar-refractivity contribution is 9.11. The van der Waals surface area contributed by atoms with Crippen LogP contribution in [0.4, 0.5) is 5.69 Å². The highest BCUT2D eigenvalue weighted by Crippen LogP contribution is 2.34. The molecular weight excluding hydrogens is 619 g/mol. The number of carbonyl (C=O) groups excluding carboxylic acids is 1. The van der Waals surface area contributed by atoms with E-state index in [0.29, 0.717) is 48.3 Å². The molecule has 1 N–H and O–H groups in total. The maximum absolute atomic E-state index is 12.8. The maximum atomic E-state index is 12.8. The Labute approximate surface area is 230 Å². The number of nitrogens with one attached hydrogen (secondary N) is 1. The molecule has 180 valence electrons. The third kappa shape index (κ3) is 7.25. The van der Waals surface area contributed by atoms with E-state index in [2.05, 4.69) is 37.2 Å². The molecule has 0 aromatic heterocycles. The molecule has 0 aliphatic carbocycles. The Bertz CT molecular complexity index is 1310. The van der Waals surface area contributed by atoms with Crippen LogP contribution < -0.4 is 14.8 Å². The van der Waals surface area contributed by atoms with Gasteiger partial charge in [0.15, 0.2) is 11.5 Å². The van der Waals surface area contributed by atoms with Gasteiger partial charge in [0.2, 0.25) is 0 Å². The van der Waals surface area contributed by atoms with Crippen molar-refractivity contribution >= 4 is 72.7 Å². The quantitative estimate of drug-likeness (QED) is 0.199. The molecule has 3 aromatic rings. The van der Waals surface area contributed by atoms with E-state index in [0.717, 1.165) is 11.1 Å². The summed E-state index contributed by atoms with van der Waals surface area (Å²) in [4.78, 5) is 12.8. The van der Waals surface area contributed by atoms with Crippen molar-refractivity contribution in [3.05, 3.63) is 89.8 Å². The minimum Gasteiger partial charge on any atom is -0.490 e. The molecule has 0 aliphatic rings. The van der Waals surface area contributed by atoms with Crippen LogP contribution in [0.25, 0.3) is 6.08 Å². The van der Waals surface area contributed by atoms with Crippen molar-refractivity contribution in [2.75, 3.05) is 11.9 Å². The molecule has 0 unspecified atom stereocenters. The summed E-state index contributed by atoms with van der Waals surface area (Å²) in [6.45, 7) is 4.42. The zero-order valence-electron chi connectivity index (χ0n) is 18.8. The molecule has 5 nitrogen and oxygen atoms in total. The minimum absolute atomic E-state index is 0.0616. The normalized spacial score (nSPS) is 11.1. The lowest BCUT2D eigenvalue weighted by Gasteiger charge is -2.14. The third-order valence-electron chi connectivity index (χ3n) is 4.77. The van der Waals surface area contributed by atoms with Gasteiger partial charge in [0.25, 0.3) is 5.91 Å². The number of rotatable bonds is 8. The topological polar surface area (TPSA) is 71.3 Å². The van der Waals surface area contributed by atoms with Gasteiger partial charge in [-0.05, 0) is 99.3 Å². The van der Waals surface area contributed by atoms with Gasteiger partial charge >= 0.3 is 0 Å². The summed E-state index contributed by atoms with van der Waals surface area (Å²) in [5.41, 5.74) is 2.88. The van der Waals surface area contributed by atoms with Crippen LogP contribution in [0, 0.1) is 18.3 Å². The van der Waals surface area contributed by atoms with Crippen LogP contribution in [0.3, 0.4) is 0 Å². The first kappa shape index (κ1) is 27.1. The second-order valence-corrected chi connectivity index (χ2v) is 9.94. The number of carbonyl (C=O) groups is 1. The molecule has 0 radical (unpaired) electrons. The number of anilines is 1. The lowest BCUT2D eigenvalue weighted by molar-refractivity contribution is -0.112. The van der Waals surface area contributed by atoms with E-state index in [4.69, 9.17) is 32.7 Å². The van der Waals surface area contributed by atoms with Gasteiger partial charge in [-0.15, -0.1) is 0 Å². The van der Waals surface area contributed by atoms with Gasteiger partial charge in [0, 0.05) is 24.6 Å². The molecule has 3 rings (SSSR count). The molecule has 0 heterocycles. The van der Waals surface area contributed by atoms with Crippen molar-refractivity contribution in [3.63, 3.8) is 0 Å².